The zero-order chi connectivity index (χ0) is 18.1. The summed E-state index contributed by atoms with van der Waals surface area (Å²) in [5, 5.41) is 3.85. The average molecular weight is 412 g/mol. The normalized spacial score (nSPS) is 13.5. The first kappa shape index (κ1) is 16.8. The summed E-state index contributed by atoms with van der Waals surface area (Å²) in [6.45, 7) is 1.22. The van der Waals surface area contributed by atoms with Crippen LogP contribution in [0.4, 0.5) is 0 Å². The van der Waals surface area contributed by atoms with Gasteiger partial charge in [0.2, 0.25) is 5.91 Å². The van der Waals surface area contributed by atoms with E-state index in [4.69, 9.17) is 0 Å². The highest BCUT2D eigenvalue weighted by Crippen LogP contribution is 2.31. The second-order valence-corrected chi connectivity index (χ2v) is 7.21. The fourth-order valence-corrected chi connectivity index (χ4v) is 3.84. The molecule has 5 nitrogen and oxygen atoms in total. The maximum Gasteiger partial charge on any atom is 0.251 e. The number of nitrogens with zero attached hydrogens (tertiary/aromatic N) is 1. The van der Waals surface area contributed by atoms with Crippen molar-refractivity contribution in [2.75, 3.05) is 13.1 Å². The fraction of sp³-hybridized carbons (Fsp3) is 0.200. The Hall–Kier alpha value is -2.60. The SMILES string of the molecule is O=C(NCC(=O)N1CCc2[nH]c3c(Br)cccc3c2C1)c1ccccc1. The van der Waals surface area contributed by atoms with Crippen LogP contribution in [-0.2, 0) is 17.8 Å². The lowest BCUT2D eigenvalue weighted by Crippen LogP contribution is -2.42. The van der Waals surface area contributed by atoms with Crippen LogP contribution in [0, 0.1) is 0 Å². The van der Waals surface area contributed by atoms with Gasteiger partial charge in [0.25, 0.3) is 5.91 Å². The molecule has 2 N–H and O–H groups in total. The Bertz CT molecular complexity index is 981. The Morgan fingerprint density at radius 3 is 2.73 bits per heavy atom. The van der Waals surface area contributed by atoms with E-state index < -0.39 is 0 Å². The molecule has 1 aliphatic heterocycles. The summed E-state index contributed by atoms with van der Waals surface area (Å²) in [5.41, 5.74) is 3.98. The van der Waals surface area contributed by atoms with E-state index in [0.29, 0.717) is 18.7 Å². The van der Waals surface area contributed by atoms with Gasteiger partial charge in [-0.1, -0.05) is 30.3 Å². The number of hydrogen-bond donors (Lipinski definition) is 2. The summed E-state index contributed by atoms with van der Waals surface area (Å²) in [7, 11) is 0. The van der Waals surface area contributed by atoms with Crippen LogP contribution in [0.5, 0.6) is 0 Å². The molecule has 4 rings (SSSR count). The van der Waals surface area contributed by atoms with Crippen LogP contribution < -0.4 is 5.32 Å². The number of aromatic amines is 1. The minimum Gasteiger partial charge on any atom is -0.357 e. The van der Waals surface area contributed by atoms with Crippen molar-refractivity contribution in [1.82, 2.24) is 15.2 Å². The molecule has 0 radical (unpaired) electrons. The van der Waals surface area contributed by atoms with Crippen LogP contribution in [0.3, 0.4) is 0 Å². The van der Waals surface area contributed by atoms with E-state index in [9.17, 15) is 9.59 Å². The number of benzene rings is 2. The first-order valence-electron chi connectivity index (χ1n) is 8.52. The van der Waals surface area contributed by atoms with Gasteiger partial charge in [-0.25, -0.2) is 0 Å². The number of H-pyrrole nitrogens is 1. The second-order valence-electron chi connectivity index (χ2n) is 6.36. The molecular weight excluding hydrogens is 394 g/mol. The summed E-state index contributed by atoms with van der Waals surface area (Å²) in [6, 6.07) is 15.0. The highest BCUT2D eigenvalue weighted by atomic mass is 79.9. The summed E-state index contributed by atoms with van der Waals surface area (Å²) in [6.07, 6.45) is 0.787. The number of amides is 2. The van der Waals surface area contributed by atoms with Crippen LogP contribution in [0.25, 0.3) is 10.9 Å². The topological polar surface area (TPSA) is 65.2 Å². The fourth-order valence-electron chi connectivity index (χ4n) is 3.37. The van der Waals surface area contributed by atoms with E-state index in [2.05, 4.69) is 32.3 Å². The number of aromatic nitrogens is 1. The van der Waals surface area contributed by atoms with Crippen LogP contribution >= 0.6 is 15.9 Å². The maximum absolute atomic E-state index is 12.6. The van der Waals surface area contributed by atoms with Crippen molar-refractivity contribution < 1.29 is 9.59 Å². The zero-order valence-corrected chi connectivity index (χ0v) is 15.7. The maximum atomic E-state index is 12.6. The van der Waals surface area contributed by atoms with Gasteiger partial charge in [-0.2, -0.15) is 0 Å². The molecule has 3 aromatic rings. The lowest BCUT2D eigenvalue weighted by molar-refractivity contribution is -0.131. The monoisotopic (exact) mass is 411 g/mol. The Labute approximate surface area is 159 Å². The number of rotatable bonds is 3. The van der Waals surface area contributed by atoms with E-state index in [1.54, 1.807) is 24.3 Å². The number of nitrogens with one attached hydrogen (secondary N) is 2. The molecule has 2 heterocycles. The lowest BCUT2D eigenvalue weighted by Gasteiger charge is -2.27. The third-order valence-electron chi connectivity index (χ3n) is 4.75. The summed E-state index contributed by atoms with van der Waals surface area (Å²) in [5.74, 6) is -0.294. The van der Waals surface area contributed by atoms with Gasteiger partial charge < -0.3 is 15.2 Å². The lowest BCUT2D eigenvalue weighted by atomic mass is 10.0. The molecular formula is C20H18BrN3O2. The number of carbonyl (C=O) groups is 2. The second kappa shape index (κ2) is 6.96. The molecule has 0 fully saturated rings. The number of carbonyl (C=O) groups excluding carboxylic acids is 2. The van der Waals surface area contributed by atoms with Gasteiger partial charge in [-0.05, 0) is 34.1 Å². The molecule has 2 amide bonds. The van der Waals surface area contributed by atoms with E-state index in [-0.39, 0.29) is 18.4 Å². The molecule has 1 aliphatic rings. The molecule has 0 aliphatic carbocycles. The third kappa shape index (κ3) is 3.12. The molecule has 0 bridgehead atoms. The van der Waals surface area contributed by atoms with Crippen molar-refractivity contribution in [1.29, 1.82) is 0 Å². The van der Waals surface area contributed by atoms with Crippen LogP contribution in [0.1, 0.15) is 21.6 Å². The van der Waals surface area contributed by atoms with Gasteiger partial charge in [0, 0.05) is 46.2 Å². The highest BCUT2D eigenvalue weighted by Gasteiger charge is 2.24. The van der Waals surface area contributed by atoms with Crippen molar-refractivity contribution in [3.05, 3.63) is 69.8 Å². The van der Waals surface area contributed by atoms with Crippen molar-refractivity contribution in [3.63, 3.8) is 0 Å². The van der Waals surface area contributed by atoms with Crippen LogP contribution in [0.15, 0.2) is 53.0 Å². The molecule has 26 heavy (non-hydrogen) atoms. The van der Waals surface area contributed by atoms with Gasteiger partial charge >= 0.3 is 0 Å². The Morgan fingerprint density at radius 1 is 1.12 bits per heavy atom. The van der Waals surface area contributed by atoms with Gasteiger partial charge in [-0.3, -0.25) is 9.59 Å². The predicted molar refractivity (Wildman–Crippen MR) is 104 cm³/mol. The zero-order valence-electron chi connectivity index (χ0n) is 14.1. The quantitative estimate of drug-likeness (QED) is 0.694. The van der Waals surface area contributed by atoms with Crippen molar-refractivity contribution in [2.24, 2.45) is 0 Å². The molecule has 0 saturated carbocycles. The minimum atomic E-state index is -0.229. The van der Waals surface area contributed by atoms with E-state index >= 15 is 0 Å². The van der Waals surface area contributed by atoms with Gasteiger partial charge in [-0.15, -0.1) is 0 Å². The molecule has 0 unspecified atom stereocenters. The van der Waals surface area contributed by atoms with Crippen LogP contribution in [-0.4, -0.2) is 34.8 Å². The largest absolute Gasteiger partial charge is 0.357 e. The summed E-state index contributed by atoms with van der Waals surface area (Å²) in [4.78, 5) is 29.9. The smallest absolute Gasteiger partial charge is 0.251 e. The molecule has 6 heteroatoms. The molecule has 0 atom stereocenters. The summed E-state index contributed by atoms with van der Waals surface area (Å²) >= 11 is 3.57. The summed E-state index contributed by atoms with van der Waals surface area (Å²) < 4.78 is 1.03. The highest BCUT2D eigenvalue weighted by molar-refractivity contribution is 9.10. The number of halogens is 1. The number of para-hydroxylation sites is 1. The standard InChI is InChI=1S/C20H18BrN3O2/c21-16-8-4-7-14-15-12-24(10-9-17(15)23-19(14)16)18(25)11-22-20(26)13-5-2-1-3-6-13/h1-8,23H,9-12H2,(H,22,26). The first-order valence-corrected chi connectivity index (χ1v) is 9.32. The first-order chi connectivity index (χ1) is 12.6. The average Bonchev–Trinajstić information content (AvgIpc) is 3.06. The van der Waals surface area contributed by atoms with E-state index in [0.717, 1.165) is 27.4 Å². The predicted octanol–water partition coefficient (Wildman–Crippen LogP) is 3.25. The van der Waals surface area contributed by atoms with Crippen molar-refractivity contribution >= 4 is 38.6 Å². The van der Waals surface area contributed by atoms with Gasteiger partial charge in [0.15, 0.2) is 0 Å². The van der Waals surface area contributed by atoms with Gasteiger partial charge in [0.05, 0.1) is 12.1 Å². The Balaban J connectivity index is 1.45. The number of hydrogen-bond acceptors (Lipinski definition) is 2. The third-order valence-corrected chi connectivity index (χ3v) is 5.41. The van der Waals surface area contributed by atoms with Crippen molar-refractivity contribution in [3.8, 4) is 0 Å². The molecule has 132 valence electrons. The van der Waals surface area contributed by atoms with E-state index in [1.165, 1.54) is 5.69 Å². The molecule has 0 saturated heterocycles. The number of fused-ring (bicyclic) bond motifs is 3. The van der Waals surface area contributed by atoms with E-state index in [1.807, 2.05) is 23.1 Å². The Kier molecular flexibility index (Phi) is 4.51. The van der Waals surface area contributed by atoms with Gasteiger partial charge in [0.1, 0.15) is 0 Å². The minimum absolute atomic E-state index is 0.00904. The van der Waals surface area contributed by atoms with Crippen molar-refractivity contribution in [2.45, 2.75) is 13.0 Å². The molecule has 1 aromatic heterocycles. The molecule has 2 aromatic carbocycles. The Morgan fingerprint density at radius 2 is 1.92 bits per heavy atom. The van der Waals surface area contributed by atoms with Crippen LogP contribution in [0.2, 0.25) is 0 Å². The molecule has 0 spiro atoms.